The number of hydrogen-bond acceptors (Lipinski definition) is 4. The fourth-order valence-electron chi connectivity index (χ4n) is 1.64. The van der Waals surface area contributed by atoms with Crippen molar-refractivity contribution in [3.8, 4) is 0 Å². The van der Waals surface area contributed by atoms with Gasteiger partial charge in [-0.15, -0.1) is 0 Å². The lowest BCUT2D eigenvalue weighted by Crippen LogP contribution is -2.14. The van der Waals surface area contributed by atoms with Crippen LogP contribution in [0.1, 0.15) is 23.2 Å². The summed E-state index contributed by atoms with van der Waals surface area (Å²) in [5, 5.41) is 8.84. The van der Waals surface area contributed by atoms with Gasteiger partial charge in [-0.25, -0.2) is 13.2 Å². The van der Waals surface area contributed by atoms with Gasteiger partial charge in [-0.05, 0) is 37.0 Å². The standard InChI is InChI=1S/C13H16O5S/c14-13(15)11-2-1-3-12(8-11)19(16,17)7-6-18-9-10-4-5-10/h1-3,8,10H,4-7,9H2,(H,14,15). The maximum Gasteiger partial charge on any atom is 0.335 e. The summed E-state index contributed by atoms with van der Waals surface area (Å²) in [7, 11) is -3.48. The number of carbonyl (C=O) groups is 1. The summed E-state index contributed by atoms with van der Waals surface area (Å²) in [5.41, 5.74) is -0.0278. The van der Waals surface area contributed by atoms with Gasteiger partial charge in [-0.3, -0.25) is 0 Å². The van der Waals surface area contributed by atoms with Crippen molar-refractivity contribution in [3.63, 3.8) is 0 Å². The van der Waals surface area contributed by atoms with Gasteiger partial charge in [-0.2, -0.15) is 0 Å². The first-order valence-corrected chi connectivity index (χ1v) is 7.78. The molecule has 0 spiro atoms. The van der Waals surface area contributed by atoms with Crippen LogP contribution in [0, 0.1) is 5.92 Å². The number of ether oxygens (including phenoxy) is 1. The summed E-state index contributed by atoms with van der Waals surface area (Å²) >= 11 is 0. The van der Waals surface area contributed by atoms with Gasteiger partial charge in [0.15, 0.2) is 9.84 Å². The molecule has 1 aromatic carbocycles. The zero-order valence-electron chi connectivity index (χ0n) is 10.4. The first kappa shape index (κ1) is 14.0. The number of aromatic carboxylic acids is 1. The Bertz CT molecular complexity index is 560. The minimum absolute atomic E-state index is 0.0278. The van der Waals surface area contributed by atoms with Crippen LogP contribution >= 0.6 is 0 Å². The monoisotopic (exact) mass is 284 g/mol. The first-order chi connectivity index (χ1) is 8.99. The van der Waals surface area contributed by atoms with Crippen LogP contribution in [0.15, 0.2) is 29.2 Å². The van der Waals surface area contributed by atoms with E-state index >= 15 is 0 Å². The number of benzene rings is 1. The van der Waals surface area contributed by atoms with Gasteiger partial charge in [0, 0.05) is 6.61 Å². The van der Waals surface area contributed by atoms with Crippen LogP contribution in [0.2, 0.25) is 0 Å². The molecule has 0 saturated heterocycles. The van der Waals surface area contributed by atoms with E-state index in [1.807, 2.05) is 0 Å². The lowest BCUT2D eigenvalue weighted by molar-refractivity contribution is 0.0696. The predicted octanol–water partition coefficient (Wildman–Crippen LogP) is 1.59. The third-order valence-corrected chi connectivity index (χ3v) is 4.66. The number of carboxylic acids is 1. The van der Waals surface area contributed by atoms with Crippen molar-refractivity contribution in [3.05, 3.63) is 29.8 Å². The molecule has 0 heterocycles. The first-order valence-electron chi connectivity index (χ1n) is 6.13. The lowest BCUT2D eigenvalue weighted by Gasteiger charge is -2.06. The summed E-state index contributed by atoms with van der Waals surface area (Å²) in [6, 6.07) is 5.38. The van der Waals surface area contributed by atoms with Gasteiger partial charge in [-0.1, -0.05) is 6.07 Å². The molecule has 0 unspecified atom stereocenters. The predicted molar refractivity (Wildman–Crippen MR) is 69.0 cm³/mol. The van der Waals surface area contributed by atoms with E-state index in [4.69, 9.17) is 9.84 Å². The Morgan fingerprint density at radius 3 is 2.74 bits per heavy atom. The largest absolute Gasteiger partial charge is 0.478 e. The molecule has 0 atom stereocenters. The average Bonchev–Trinajstić information content (AvgIpc) is 3.19. The Morgan fingerprint density at radius 2 is 2.11 bits per heavy atom. The van der Waals surface area contributed by atoms with E-state index < -0.39 is 15.8 Å². The van der Waals surface area contributed by atoms with E-state index in [2.05, 4.69) is 0 Å². The maximum absolute atomic E-state index is 12.0. The minimum Gasteiger partial charge on any atom is -0.478 e. The summed E-state index contributed by atoms with van der Waals surface area (Å²) in [5.74, 6) is -0.664. The lowest BCUT2D eigenvalue weighted by atomic mass is 10.2. The molecule has 0 radical (unpaired) electrons. The number of hydrogen-bond donors (Lipinski definition) is 1. The number of rotatable bonds is 7. The van der Waals surface area contributed by atoms with Crippen molar-refractivity contribution in [2.24, 2.45) is 5.92 Å². The van der Waals surface area contributed by atoms with E-state index in [9.17, 15) is 13.2 Å². The molecule has 1 saturated carbocycles. The molecule has 0 aromatic heterocycles. The van der Waals surface area contributed by atoms with Crippen molar-refractivity contribution in [2.45, 2.75) is 17.7 Å². The molecule has 5 nitrogen and oxygen atoms in total. The van der Waals surface area contributed by atoms with E-state index in [1.54, 1.807) is 0 Å². The van der Waals surface area contributed by atoms with Gasteiger partial charge in [0.25, 0.3) is 0 Å². The molecular formula is C13H16O5S. The van der Waals surface area contributed by atoms with Crippen LogP contribution in [0.4, 0.5) is 0 Å². The zero-order valence-corrected chi connectivity index (χ0v) is 11.2. The van der Waals surface area contributed by atoms with Crippen LogP contribution in [0.25, 0.3) is 0 Å². The van der Waals surface area contributed by atoms with E-state index in [-0.39, 0.29) is 22.8 Å². The molecule has 2 rings (SSSR count). The van der Waals surface area contributed by atoms with Crippen LogP contribution in [-0.2, 0) is 14.6 Å². The van der Waals surface area contributed by atoms with Crippen LogP contribution in [-0.4, -0.2) is 38.5 Å². The molecule has 0 aliphatic heterocycles. The van der Waals surface area contributed by atoms with Crippen molar-refractivity contribution in [2.75, 3.05) is 19.0 Å². The smallest absolute Gasteiger partial charge is 0.335 e. The van der Waals surface area contributed by atoms with E-state index in [1.165, 1.54) is 24.3 Å². The SMILES string of the molecule is O=C(O)c1cccc(S(=O)(=O)CCOCC2CC2)c1. The van der Waals surface area contributed by atoms with Gasteiger partial charge < -0.3 is 9.84 Å². The molecule has 1 fully saturated rings. The minimum atomic E-state index is -3.48. The molecule has 1 N–H and O–H groups in total. The molecule has 19 heavy (non-hydrogen) atoms. The Hall–Kier alpha value is -1.40. The number of sulfone groups is 1. The highest BCUT2D eigenvalue weighted by Crippen LogP contribution is 2.28. The highest BCUT2D eigenvalue weighted by atomic mass is 32.2. The molecule has 104 valence electrons. The molecule has 1 aliphatic rings. The van der Waals surface area contributed by atoms with Crippen molar-refractivity contribution >= 4 is 15.8 Å². The fourth-order valence-corrected chi connectivity index (χ4v) is 2.81. The van der Waals surface area contributed by atoms with Gasteiger partial charge in [0.2, 0.25) is 0 Å². The summed E-state index contributed by atoms with van der Waals surface area (Å²) in [6.07, 6.45) is 2.32. The maximum atomic E-state index is 12.0. The third-order valence-electron chi connectivity index (χ3n) is 2.99. The Balaban J connectivity index is 1.97. The molecule has 0 bridgehead atoms. The third kappa shape index (κ3) is 4.04. The van der Waals surface area contributed by atoms with Crippen molar-refractivity contribution in [1.29, 1.82) is 0 Å². The second kappa shape index (κ2) is 5.71. The molecule has 6 heteroatoms. The Kier molecular flexibility index (Phi) is 4.21. The highest BCUT2D eigenvalue weighted by molar-refractivity contribution is 7.91. The second-order valence-electron chi connectivity index (χ2n) is 4.67. The Morgan fingerprint density at radius 1 is 1.37 bits per heavy atom. The topological polar surface area (TPSA) is 80.7 Å². The zero-order chi connectivity index (χ0) is 13.9. The fraction of sp³-hybridized carbons (Fsp3) is 0.462. The average molecular weight is 284 g/mol. The van der Waals surface area contributed by atoms with Crippen LogP contribution in [0.5, 0.6) is 0 Å². The summed E-state index contributed by atoms with van der Waals surface area (Å²) in [4.78, 5) is 10.8. The number of carboxylic acid groups (broad SMARTS) is 1. The van der Waals surface area contributed by atoms with Gasteiger partial charge in [0.05, 0.1) is 22.8 Å². The van der Waals surface area contributed by atoms with Crippen molar-refractivity contribution < 1.29 is 23.1 Å². The molecule has 0 amide bonds. The van der Waals surface area contributed by atoms with Crippen LogP contribution < -0.4 is 0 Å². The van der Waals surface area contributed by atoms with Gasteiger partial charge >= 0.3 is 5.97 Å². The molecule has 1 aromatic rings. The van der Waals surface area contributed by atoms with Gasteiger partial charge in [0.1, 0.15) is 0 Å². The molecular weight excluding hydrogens is 268 g/mol. The summed E-state index contributed by atoms with van der Waals surface area (Å²) < 4.78 is 29.3. The normalized spacial score (nSPS) is 15.4. The van der Waals surface area contributed by atoms with Crippen LogP contribution in [0.3, 0.4) is 0 Å². The van der Waals surface area contributed by atoms with E-state index in [0.717, 1.165) is 12.8 Å². The highest BCUT2D eigenvalue weighted by Gasteiger charge is 2.22. The van der Waals surface area contributed by atoms with E-state index in [0.29, 0.717) is 12.5 Å². The van der Waals surface area contributed by atoms with Crippen molar-refractivity contribution in [1.82, 2.24) is 0 Å². The second-order valence-corrected chi connectivity index (χ2v) is 6.78. The molecule has 1 aliphatic carbocycles. The summed E-state index contributed by atoms with van der Waals surface area (Å²) in [6.45, 7) is 0.765. The quantitative estimate of drug-likeness (QED) is 0.769. The Labute approximate surface area is 112 Å².